The van der Waals surface area contributed by atoms with Crippen molar-refractivity contribution >= 4 is 22.7 Å². The Labute approximate surface area is 86.4 Å². The minimum Gasteiger partial charge on any atom is -0.433 e. The van der Waals surface area contributed by atoms with E-state index in [4.69, 9.17) is 15.7 Å². The first kappa shape index (κ1) is 10.4. The Morgan fingerprint density at radius 3 is 3.00 bits per heavy atom. The van der Waals surface area contributed by atoms with E-state index in [1.807, 2.05) is 0 Å². The molecule has 1 aromatic rings. The van der Waals surface area contributed by atoms with Crippen molar-refractivity contribution in [2.45, 2.75) is 0 Å². The van der Waals surface area contributed by atoms with Crippen molar-refractivity contribution in [2.24, 2.45) is 4.99 Å². The molecule has 72 valence electrons. The molecule has 2 N–H and O–H groups in total. The van der Waals surface area contributed by atoms with Gasteiger partial charge in [0, 0.05) is 11.8 Å². The van der Waals surface area contributed by atoms with Gasteiger partial charge in [0.25, 0.3) is 5.23 Å². The highest BCUT2D eigenvalue weighted by molar-refractivity contribution is 8.13. The predicted molar refractivity (Wildman–Crippen MR) is 58.0 cm³/mol. The van der Waals surface area contributed by atoms with Gasteiger partial charge < -0.3 is 10.5 Å². The lowest BCUT2D eigenvalue weighted by atomic mass is 10.3. The predicted octanol–water partition coefficient (Wildman–Crippen LogP) is 1.85. The van der Waals surface area contributed by atoms with Crippen LogP contribution in [0.3, 0.4) is 0 Å². The van der Waals surface area contributed by atoms with Crippen molar-refractivity contribution in [1.82, 2.24) is 0 Å². The van der Waals surface area contributed by atoms with Gasteiger partial charge in [-0.05, 0) is 18.4 Å². The summed E-state index contributed by atoms with van der Waals surface area (Å²) in [5.41, 5.74) is 6.17. The highest BCUT2D eigenvalue weighted by Gasteiger charge is 2.00. The summed E-state index contributed by atoms with van der Waals surface area (Å²) < 4.78 is 5.30. The van der Waals surface area contributed by atoms with Gasteiger partial charge in [0.15, 0.2) is 0 Å². The summed E-state index contributed by atoms with van der Waals surface area (Å²) in [6.45, 7) is 0. The lowest BCUT2D eigenvalue weighted by molar-refractivity contribution is 0.567. The van der Waals surface area contributed by atoms with Crippen molar-refractivity contribution in [3.05, 3.63) is 24.3 Å². The number of aliphatic imine (C=N–C) groups is 1. The SMILES string of the molecule is CSC(=NC#N)Oc1cccc(N)c1. The van der Waals surface area contributed by atoms with Crippen LogP contribution < -0.4 is 10.5 Å². The molecule has 0 radical (unpaired) electrons. The van der Waals surface area contributed by atoms with Crippen LogP contribution >= 0.6 is 11.8 Å². The van der Waals surface area contributed by atoms with Gasteiger partial charge in [0.05, 0.1) is 0 Å². The molecule has 0 aromatic heterocycles. The third-order valence-electron chi connectivity index (χ3n) is 1.38. The topological polar surface area (TPSA) is 71.4 Å². The van der Waals surface area contributed by atoms with Gasteiger partial charge >= 0.3 is 0 Å². The van der Waals surface area contributed by atoms with E-state index in [2.05, 4.69) is 4.99 Å². The van der Waals surface area contributed by atoms with Gasteiger partial charge in [0.2, 0.25) is 6.19 Å². The minimum absolute atomic E-state index is 0.304. The van der Waals surface area contributed by atoms with E-state index in [1.165, 1.54) is 11.8 Å². The Morgan fingerprint density at radius 1 is 1.64 bits per heavy atom. The summed E-state index contributed by atoms with van der Waals surface area (Å²) in [7, 11) is 0. The van der Waals surface area contributed by atoms with Crippen LogP contribution in [0.25, 0.3) is 0 Å². The van der Waals surface area contributed by atoms with Gasteiger partial charge in [-0.1, -0.05) is 17.8 Å². The molecule has 0 bridgehead atoms. The van der Waals surface area contributed by atoms with Crippen molar-refractivity contribution < 1.29 is 4.74 Å². The molecule has 1 aromatic carbocycles. The fraction of sp³-hybridized carbons (Fsp3) is 0.111. The average molecular weight is 207 g/mol. The number of nitrogen functional groups attached to an aromatic ring is 1. The summed E-state index contributed by atoms with van der Waals surface area (Å²) in [5.74, 6) is 0.577. The average Bonchev–Trinajstić information content (AvgIpc) is 2.17. The first-order valence-corrected chi connectivity index (χ1v) is 5.03. The van der Waals surface area contributed by atoms with Gasteiger partial charge in [-0.3, -0.25) is 0 Å². The second kappa shape index (κ2) is 5.14. The van der Waals surface area contributed by atoms with Crippen molar-refractivity contribution in [3.8, 4) is 11.9 Å². The van der Waals surface area contributed by atoms with Crippen LogP contribution in [0.4, 0.5) is 5.69 Å². The van der Waals surface area contributed by atoms with Gasteiger partial charge in [-0.2, -0.15) is 5.26 Å². The number of rotatable bonds is 1. The Balaban J connectivity index is 2.78. The summed E-state index contributed by atoms with van der Waals surface area (Å²) in [6, 6.07) is 6.95. The molecule has 0 aliphatic heterocycles. The van der Waals surface area contributed by atoms with Crippen molar-refractivity contribution in [2.75, 3.05) is 12.0 Å². The van der Waals surface area contributed by atoms with Crippen LogP contribution in [-0.2, 0) is 0 Å². The summed E-state index contributed by atoms with van der Waals surface area (Å²) >= 11 is 1.26. The molecule has 0 unspecified atom stereocenters. The summed E-state index contributed by atoms with van der Waals surface area (Å²) in [4.78, 5) is 3.49. The fourth-order valence-corrected chi connectivity index (χ4v) is 1.14. The molecule has 0 saturated carbocycles. The van der Waals surface area contributed by atoms with Crippen LogP contribution in [0.2, 0.25) is 0 Å². The van der Waals surface area contributed by atoms with Crippen LogP contribution in [0.15, 0.2) is 29.3 Å². The first-order valence-electron chi connectivity index (χ1n) is 3.80. The fourth-order valence-electron chi connectivity index (χ4n) is 0.830. The third kappa shape index (κ3) is 2.99. The standard InChI is InChI=1S/C9H9N3OS/c1-14-9(12-6-10)13-8-4-2-3-7(11)5-8/h2-5H,11H2,1H3. The molecule has 0 atom stereocenters. The molecule has 1 rings (SSSR count). The number of nitriles is 1. The monoisotopic (exact) mass is 207 g/mol. The Morgan fingerprint density at radius 2 is 2.43 bits per heavy atom. The van der Waals surface area contributed by atoms with E-state index in [-0.39, 0.29) is 0 Å². The van der Waals surface area contributed by atoms with Gasteiger partial charge in [-0.25, -0.2) is 0 Å². The minimum atomic E-state index is 0.304. The quantitative estimate of drug-likeness (QED) is 0.330. The van der Waals surface area contributed by atoms with Crippen LogP contribution in [0.5, 0.6) is 5.75 Å². The molecule has 4 nitrogen and oxygen atoms in total. The maximum absolute atomic E-state index is 8.34. The van der Waals surface area contributed by atoms with E-state index in [0.717, 1.165) is 0 Å². The van der Waals surface area contributed by atoms with E-state index < -0.39 is 0 Å². The molecule has 5 heteroatoms. The molecule has 0 aliphatic carbocycles. The largest absolute Gasteiger partial charge is 0.433 e. The number of anilines is 1. The van der Waals surface area contributed by atoms with Crippen LogP contribution in [-0.4, -0.2) is 11.5 Å². The Kier molecular flexibility index (Phi) is 3.83. The molecular weight excluding hydrogens is 198 g/mol. The molecule has 0 spiro atoms. The molecule has 14 heavy (non-hydrogen) atoms. The lowest BCUT2D eigenvalue weighted by Crippen LogP contribution is -2.02. The zero-order chi connectivity index (χ0) is 10.4. The lowest BCUT2D eigenvalue weighted by Gasteiger charge is -2.04. The van der Waals surface area contributed by atoms with Crippen molar-refractivity contribution in [1.29, 1.82) is 5.26 Å². The Hall–Kier alpha value is -1.67. The maximum Gasteiger partial charge on any atom is 0.266 e. The van der Waals surface area contributed by atoms with E-state index in [9.17, 15) is 0 Å². The number of hydrogen-bond acceptors (Lipinski definition) is 5. The zero-order valence-corrected chi connectivity index (χ0v) is 8.41. The van der Waals surface area contributed by atoms with Gasteiger partial charge in [-0.15, -0.1) is 4.99 Å². The van der Waals surface area contributed by atoms with E-state index in [0.29, 0.717) is 16.7 Å². The van der Waals surface area contributed by atoms with E-state index >= 15 is 0 Å². The molecular formula is C9H9N3OS. The zero-order valence-electron chi connectivity index (χ0n) is 7.60. The summed E-state index contributed by atoms with van der Waals surface area (Å²) in [6.07, 6.45) is 3.44. The van der Waals surface area contributed by atoms with E-state index in [1.54, 1.807) is 36.7 Å². The second-order valence-electron chi connectivity index (χ2n) is 2.36. The number of ether oxygens (including phenoxy) is 1. The number of benzene rings is 1. The third-order valence-corrected chi connectivity index (χ3v) is 1.90. The summed E-state index contributed by atoms with van der Waals surface area (Å²) in [5, 5.41) is 8.65. The number of hydrogen-bond donors (Lipinski definition) is 1. The highest BCUT2D eigenvalue weighted by Crippen LogP contribution is 2.16. The molecule has 0 fully saturated rings. The van der Waals surface area contributed by atoms with Crippen molar-refractivity contribution in [3.63, 3.8) is 0 Å². The maximum atomic E-state index is 8.34. The number of nitrogens with two attached hydrogens (primary N) is 1. The molecule has 0 amide bonds. The second-order valence-corrected chi connectivity index (χ2v) is 3.11. The Bertz CT molecular complexity index is 384. The number of nitrogens with zero attached hydrogens (tertiary/aromatic N) is 2. The normalized spacial score (nSPS) is 10.7. The first-order chi connectivity index (χ1) is 6.76. The van der Waals surface area contributed by atoms with Gasteiger partial charge in [0.1, 0.15) is 5.75 Å². The smallest absolute Gasteiger partial charge is 0.266 e. The molecule has 0 aliphatic rings. The van der Waals surface area contributed by atoms with Crippen LogP contribution in [0.1, 0.15) is 0 Å². The van der Waals surface area contributed by atoms with Crippen LogP contribution in [0, 0.1) is 11.5 Å². The molecule has 0 saturated heterocycles. The number of thioether (sulfide) groups is 1. The molecule has 0 heterocycles. The highest BCUT2D eigenvalue weighted by atomic mass is 32.2.